The maximum absolute atomic E-state index is 12.5. The molecule has 3 heterocycles. The number of anilines is 1. The number of nitrogens with zero attached hydrogens (tertiary/aromatic N) is 4. The van der Waals surface area contributed by atoms with E-state index < -0.39 is 6.55 Å². The van der Waals surface area contributed by atoms with Crippen LogP contribution in [0.1, 0.15) is 39.2 Å². The first kappa shape index (κ1) is 18.1. The zero-order valence-corrected chi connectivity index (χ0v) is 14.7. The summed E-state index contributed by atoms with van der Waals surface area (Å²) < 4.78 is 25.6. The predicted molar refractivity (Wildman–Crippen MR) is 91.6 cm³/mol. The van der Waals surface area contributed by atoms with Crippen molar-refractivity contribution >= 4 is 11.7 Å². The molecule has 0 radical (unpaired) electrons. The number of nitrogens with one attached hydrogen (secondary N) is 1. The molecule has 2 aliphatic heterocycles. The van der Waals surface area contributed by atoms with Crippen LogP contribution in [0.2, 0.25) is 0 Å². The highest BCUT2D eigenvalue weighted by atomic mass is 19.3. The second-order valence-electron chi connectivity index (χ2n) is 7.35. The highest BCUT2D eigenvalue weighted by Crippen LogP contribution is 2.22. The lowest BCUT2D eigenvalue weighted by Gasteiger charge is -2.37. The first-order valence-electron chi connectivity index (χ1n) is 9.12. The van der Waals surface area contributed by atoms with Crippen LogP contribution in [0.5, 0.6) is 0 Å². The summed E-state index contributed by atoms with van der Waals surface area (Å²) in [6, 6.07) is -0.231. The number of rotatable bonds is 4. The van der Waals surface area contributed by atoms with Gasteiger partial charge >= 0.3 is 12.6 Å². The number of halogens is 2. The predicted octanol–water partition coefficient (Wildman–Crippen LogP) is 3.25. The van der Waals surface area contributed by atoms with Crippen molar-refractivity contribution < 1.29 is 13.6 Å². The molecule has 0 saturated carbocycles. The summed E-state index contributed by atoms with van der Waals surface area (Å²) in [5.41, 5.74) is 0.303. The Labute approximate surface area is 147 Å². The summed E-state index contributed by atoms with van der Waals surface area (Å²) in [5, 5.41) is 6.21. The van der Waals surface area contributed by atoms with Gasteiger partial charge in [0.2, 0.25) is 0 Å². The van der Waals surface area contributed by atoms with Gasteiger partial charge < -0.3 is 15.1 Å². The molecule has 0 aliphatic carbocycles. The summed E-state index contributed by atoms with van der Waals surface area (Å²) in [7, 11) is 0. The minimum Gasteiger partial charge on any atom is -0.324 e. The third-order valence-corrected chi connectivity index (χ3v) is 5.25. The second kappa shape index (κ2) is 8.12. The van der Waals surface area contributed by atoms with Crippen LogP contribution in [0.3, 0.4) is 0 Å². The van der Waals surface area contributed by atoms with E-state index in [2.05, 4.69) is 22.2 Å². The van der Waals surface area contributed by atoms with Gasteiger partial charge in [0.05, 0.1) is 18.1 Å². The minimum atomic E-state index is -2.70. The molecule has 1 atom stereocenters. The van der Waals surface area contributed by atoms with Crippen LogP contribution < -0.4 is 5.32 Å². The molecule has 0 bridgehead atoms. The van der Waals surface area contributed by atoms with Crippen molar-refractivity contribution in [2.24, 2.45) is 11.8 Å². The third kappa shape index (κ3) is 4.90. The molecule has 2 amide bonds. The van der Waals surface area contributed by atoms with Crippen molar-refractivity contribution in [3.63, 3.8) is 0 Å². The first-order valence-corrected chi connectivity index (χ1v) is 9.12. The normalized spacial score (nSPS) is 23.2. The van der Waals surface area contributed by atoms with Gasteiger partial charge in [-0.1, -0.05) is 6.92 Å². The molecule has 6 nitrogen and oxygen atoms in total. The number of aromatic nitrogens is 2. The Hall–Kier alpha value is -1.70. The molecule has 2 fully saturated rings. The van der Waals surface area contributed by atoms with Crippen molar-refractivity contribution in [1.82, 2.24) is 19.6 Å². The average molecular weight is 355 g/mol. The second-order valence-corrected chi connectivity index (χ2v) is 7.35. The Morgan fingerprint density at radius 2 is 2.08 bits per heavy atom. The van der Waals surface area contributed by atoms with Crippen LogP contribution in [0, 0.1) is 11.8 Å². The molecule has 8 heteroatoms. The monoisotopic (exact) mass is 355 g/mol. The smallest absolute Gasteiger partial charge is 0.324 e. The van der Waals surface area contributed by atoms with E-state index in [0.717, 1.165) is 51.1 Å². The zero-order valence-electron chi connectivity index (χ0n) is 14.7. The maximum atomic E-state index is 12.5. The molecule has 1 aromatic rings. The van der Waals surface area contributed by atoms with E-state index in [1.807, 2.05) is 0 Å². The van der Waals surface area contributed by atoms with Gasteiger partial charge in [-0.2, -0.15) is 13.9 Å². The van der Waals surface area contributed by atoms with Crippen molar-refractivity contribution in [3.05, 3.63) is 12.4 Å². The molecular weight excluding hydrogens is 328 g/mol. The van der Waals surface area contributed by atoms with Crippen molar-refractivity contribution in [1.29, 1.82) is 0 Å². The molecule has 25 heavy (non-hydrogen) atoms. The van der Waals surface area contributed by atoms with Crippen molar-refractivity contribution in [2.75, 3.05) is 38.0 Å². The van der Waals surface area contributed by atoms with Crippen LogP contribution >= 0.6 is 0 Å². The van der Waals surface area contributed by atoms with Gasteiger partial charge in [-0.05, 0) is 50.6 Å². The molecule has 2 aliphatic rings. The fourth-order valence-electron chi connectivity index (χ4n) is 3.72. The molecule has 3 rings (SSSR count). The Balaban J connectivity index is 1.49. The van der Waals surface area contributed by atoms with E-state index in [4.69, 9.17) is 0 Å². The number of hydrogen-bond acceptors (Lipinski definition) is 3. The van der Waals surface area contributed by atoms with Crippen LogP contribution in [-0.4, -0.2) is 58.3 Å². The van der Waals surface area contributed by atoms with Gasteiger partial charge in [0.1, 0.15) is 0 Å². The summed E-state index contributed by atoms with van der Waals surface area (Å²) in [6.45, 7) is 4.38. The molecule has 2 saturated heterocycles. The molecule has 1 unspecified atom stereocenters. The molecular formula is C17H27F2N5O. The number of hydrogen-bond donors (Lipinski definition) is 1. The van der Waals surface area contributed by atoms with Crippen molar-refractivity contribution in [2.45, 2.75) is 39.2 Å². The Bertz CT molecular complexity index is 571. The van der Waals surface area contributed by atoms with Gasteiger partial charge in [0, 0.05) is 19.6 Å². The molecule has 0 spiro atoms. The van der Waals surface area contributed by atoms with E-state index >= 15 is 0 Å². The number of alkyl halides is 2. The Morgan fingerprint density at radius 3 is 2.76 bits per heavy atom. The Morgan fingerprint density at radius 1 is 1.32 bits per heavy atom. The summed E-state index contributed by atoms with van der Waals surface area (Å²) >= 11 is 0. The lowest BCUT2D eigenvalue weighted by atomic mass is 9.94. The summed E-state index contributed by atoms with van der Waals surface area (Å²) in [6.07, 6.45) is 7.03. The van der Waals surface area contributed by atoms with Gasteiger partial charge in [0.15, 0.2) is 0 Å². The quantitative estimate of drug-likeness (QED) is 0.902. The van der Waals surface area contributed by atoms with E-state index in [0.29, 0.717) is 22.8 Å². The topological polar surface area (TPSA) is 53.4 Å². The summed E-state index contributed by atoms with van der Waals surface area (Å²) in [4.78, 5) is 16.7. The van der Waals surface area contributed by atoms with E-state index in [-0.39, 0.29) is 6.03 Å². The highest BCUT2D eigenvalue weighted by Gasteiger charge is 2.26. The number of piperidine rings is 2. The van der Waals surface area contributed by atoms with Crippen LogP contribution in [0.4, 0.5) is 19.3 Å². The number of urea groups is 1. The van der Waals surface area contributed by atoms with Gasteiger partial charge in [-0.3, -0.25) is 0 Å². The third-order valence-electron chi connectivity index (χ3n) is 5.25. The number of carbonyl (C=O) groups is 1. The average Bonchev–Trinajstić information content (AvgIpc) is 3.06. The van der Waals surface area contributed by atoms with Gasteiger partial charge in [-0.25, -0.2) is 9.48 Å². The SMILES string of the molecule is CC1CCN(CC2CCCN(C(=O)Nc3cnn(C(F)F)c3)C2)CC1. The fraction of sp³-hybridized carbons (Fsp3) is 0.765. The standard InChI is InChI=1S/C17H27F2N5O/c1-13-4-7-22(8-5-13)10-14-3-2-6-23(11-14)17(25)21-15-9-20-24(12-15)16(18)19/h9,12-14,16H,2-8,10-11H2,1H3,(H,21,25). The van der Waals surface area contributed by atoms with Crippen LogP contribution in [0.15, 0.2) is 12.4 Å². The van der Waals surface area contributed by atoms with E-state index in [1.165, 1.54) is 19.0 Å². The van der Waals surface area contributed by atoms with E-state index in [1.54, 1.807) is 4.90 Å². The zero-order chi connectivity index (χ0) is 17.8. The lowest BCUT2D eigenvalue weighted by molar-refractivity contribution is 0.0566. The molecule has 140 valence electrons. The van der Waals surface area contributed by atoms with Crippen LogP contribution in [-0.2, 0) is 0 Å². The number of amides is 2. The van der Waals surface area contributed by atoms with Crippen molar-refractivity contribution in [3.8, 4) is 0 Å². The lowest BCUT2D eigenvalue weighted by Crippen LogP contribution is -2.46. The molecule has 0 aromatic carbocycles. The minimum absolute atomic E-state index is 0.231. The Kier molecular flexibility index (Phi) is 5.88. The largest absolute Gasteiger partial charge is 0.333 e. The first-order chi connectivity index (χ1) is 12.0. The van der Waals surface area contributed by atoms with E-state index in [9.17, 15) is 13.6 Å². The summed E-state index contributed by atoms with van der Waals surface area (Å²) in [5.74, 6) is 1.30. The molecule has 1 aromatic heterocycles. The molecule has 1 N–H and O–H groups in total. The van der Waals surface area contributed by atoms with Gasteiger partial charge in [0.25, 0.3) is 0 Å². The maximum Gasteiger partial charge on any atom is 0.333 e. The fourth-order valence-corrected chi connectivity index (χ4v) is 3.72. The highest BCUT2D eigenvalue weighted by molar-refractivity contribution is 5.89. The van der Waals surface area contributed by atoms with Gasteiger partial charge in [-0.15, -0.1) is 0 Å². The number of carbonyl (C=O) groups excluding carboxylic acids is 1. The van der Waals surface area contributed by atoms with Crippen LogP contribution in [0.25, 0.3) is 0 Å². The number of likely N-dealkylation sites (tertiary alicyclic amines) is 2.